The van der Waals surface area contributed by atoms with Crippen molar-refractivity contribution in [2.75, 3.05) is 5.32 Å². The number of anilines is 1. The van der Waals surface area contributed by atoms with E-state index in [1.165, 1.54) is 0 Å². The van der Waals surface area contributed by atoms with Crippen molar-refractivity contribution in [3.63, 3.8) is 0 Å². The van der Waals surface area contributed by atoms with Crippen molar-refractivity contribution in [1.82, 2.24) is 0 Å². The van der Waals surface area contributed by atoms with Crippen LogP contribution in [0.2, 0.25) is 5.02 Å². The van der Waals surface area contributed by atoms with Gasteiger partial charge in [-0.2, -0.15) is 0 Å². The standard InChI is InChI=1S/C15H12ClNO2/c16-11-6-2-3-7-12(11)17-15(18)14-9-10-5-1-4-8-13(10)19-14/h1-8,14H,9H2,(H,17,18)/t14-/m1/s1. The number of rotatable bonds is 2. The number of ether oxygens (including phenoxy) is 1. The predicted molar refractivity (Wildman–Crippen MR) is 74.6 cm³/mol. The van der Waals surface area contributed by atoms with E-state index in [1.807, 2.05) is 36.4 Å². The number of amides is 1. The summed E-state index contributed by atoms with van der Waals surface area (Å²) < 4.78 is 5.63. The molecule has 0 unspecified atom stereocenters. The Labute approximate surface area is 116 Å². The summed E-state index contributed by atoms with van der Waals surface area (Å²) in [5.74, 6) is 0.603. The average Bonchev–Trinajstić information content (AvgIpc) is 2.85. The van der Waals surface area contributed by atoms with Crippen LogP contribution in [-0.4, -0.2) is 12.0 Å². The van der Waals surface area contributed by atoms with Crippen molar-refractivity contribution in [3.05, 3.63) is 59.1 Å². The molecule has 0 saturated carbocycles. The van der Waals surface area contributed by atoms with Crippen LogP contribution in [0, 0.1) is 0 Å². The highest BCUT2D eigenvalue weighted by Gasteiger charge is 2.28. The summed E-state index contributed by atoms with van der Waals surface area (Å²) >= 11 is 6.01. The van der Waals surface area contributed by atoms with E-state index in [9.17, 15) is 4.79 Å². The summed E-state index contributed by atoms with van der Waals surface area (Å²) in [6.07, 6.45) is 0.0978. The average molecular weight is 274 g/mol. The molecule has 3 rings (SSSR count). The number of fused-ring (bicyclic) bond motifs is 1. The largest absolute Gasteiger partial charge is 0.480 e. The SMILES string of the molecule is O=C(Nc1ccccc1Cl)[C@H]1Cc2ccccc2O1. The van der Waals surface area contributed by atoms with E-state index in [-0.39, 0.29) is 5.91 Å². The van der Waals surface area contributed by atoms with Crippen LogP contribution in [0.1, 0.15) is 5.56 Å². The minimum Gasteiger partial charge on any atom is -0.480 e. The zero-order chi connectivity index (χ0) is 13.2. The maximum atomic E-state index is 12.1. The zero-order valence-electron chi connectivity index (χ0n) is 10.1. The number of hydrogen-bond donors (Lipinski definition) is 1. The Morgan fingerprint density at radius 1 is 1.16 bits per heavy atom. The summed E-state index contributed by atoms with van der Waals surface area (Å²) in [7, 11) is 0. The van der Waals surface area contributed by atoms with Gasteiger partial charge in [-0.25, -0.2) is 0 Å². The van der Waals surface area contributed by atoms with E-state index in [0.717, 1.165) is 11.3 Å². The predicted octanol–water partition coefficient (Wildman–Crippen LogP) is 3.28. The van der Waals surface area contributed by atoms with E-state index in [4.69, 9.17) is 16.3 Å². The molecular formula is C15H12ClNO2. The molecule has 1 heterocycles. The maximum Gasteiger partial charge on any atom is 0.265 e. The van der Waals surface area contributed by atoms with Crippen molar-refractivity contribution in [2.45, 2.75) is 12.5 Å². The third-order valence-electron chi connectivity index (χ3n) is 3.07. The Kier molecular flexibility index (Phi) is 3.13. The summed E-state index contributed by atoms with van der Waals surface area (Å²) in [5, 5.41) is 3.31. The van der Waals surface area contributed by atoms with Crippen LogP contribution in [0.4, 0.5) is 5.69 Å². The number of benzene rings is 2. The molecule has 1 N–H and O–H groups in total. The van der Waals surface area contributed by atoms with Gasteiger partial charge < -0.3 is 10.1 Å². The fourth-order valence-electron chi connectivity index (χ4n) is 2.10. The molecule has 0 fully saturated rings. The Bertz CT molecular complexity index is 602. The Hall–Kier alpha value is -2.00. The normalized spacial score (nSPS) is 16.6. The molecule has 0 aromatic heterocycles. The highest BCUT2D eigenvalue weighted by atomic mass is 35.5. The lowest BCUT2D eigenvalue weighted by molar-refractivity contribution is -0.122. The van der Waals surface area contributed by atoms with E-state index >= 15 is 0 Å². The lowest BCUT2D eigenvalue weighted by Gasteiger charge is -2.12. The second-order valence-electron chi connectivity index (χ2n) is 4.39. The molecule has 1 aliphatic heterocycles. The Balaban J connectivity index is 1.72. The highest BCUT2D eigenvalue weighted by molar-refractivity contribution is 6.33. The number of carbonyl (C=O) groups excluding carboxylic acids is 1. The number of para-hydroxylation sites is 2. The van der Waals surface area contributed by atoms with Gasteiger partial charge >= 0.3 is 0 Å². The van der Waals surface area contributed by atoms with Gasteiger partial charge in [-0.05, 0) is 23.8 Å². The molecule has 4 heteroatoms. The summed E-state index contributed by atoms with van der Waals surface area (Å²) in [6.45, 7) is 0. The minimum atomic E-state index is -0.492. The Morgan fingerprint density at radius 3 is 2.68 bits per heavy atom. The first kappa shape index (κ1) is 12.1. The zero-order valence-corrected chi connectivity index (χ0v) is 10.9. The second kappa shape index (κ2) is 4.94. The number of hydrogen-bond acceptors (Lipinski definition) is 2. The van der Waals surface area contributed by atoms with E-state index < -0.39 is 6.10 Å². The Morgan fingerprint density at radius 2 is 1.89 bits per heavy atom. The van der Waals surface area contributed by atoms with Crippen molar-refractivity contribution in [1.29, 1.82) is 0 Å². The lowest BCUT2D eigenvalue weighted by atomic mass is 10.1. The number of carbonyl (C=O) groups is 1. The monoisotopic (exact) mass is 273 g/mol. The van der Waals surface area contributed by atoms with E-state index in [0.29, 0.717) is 17.1 Å². The van der Waals surface area contributed by atoms with Crippen molar-refractivity contribution < 1.29 is 9.53 Å². The van der Waals surface area contributed by atoms with Crippen LogP contribution in [0.3, 0.4) is 0 Å². The second-order valence-corrected chi connectivity index (χ2v) is 4.79. The van der Waals surface area contributed by atoms with Gasteiger partial charge in [0.25, 0.3) is 5.91 Å². The molecule has 2 aromatic carbocycles. The third kappa shape index (κ3) is 2.42. The van der Waals surface area contributed by atoms with Gasteiger partial charge in [0.15, 0.2) is 6.10 Å². The van der Waals surface area contributed by atoms with Crippen LogP contribution in [0.15, 0.2) is 48.5 Å². The van der Waals surface area contributed by atoms with Gasteiger partial charge in [0.2, 0.25) is 0 Å². The van der Waals surface area contributed by atoms with Gasteiger partial charge in [0, 0.05) is 6.42 Å². The number of nitrogens with one attached hydrogen (secondary N) is 1. The van der Waals surface area contributed by atoms with Crippen molar-refractivity contribution >= 4 is 23.2 Å². The van der Waals surface area contributed by atoms with Crippen LogP contribution < -0.4 is 10.1 Å². The first-order valence-corrected chi connectivity index (χ1v) is 6.42. The smallest absolute Gasteiger partial charge is 0.265 e. The molecule has 1 amide bonds. The number of halogens is 1. The first-order valence-electron chi connectivity index (χ1n) is 6.04. The molecule has 1 aliphatic rings. The van der Waals surface area contributed by atoms with Gasteiger partial charge in [-0.15, -0.1) is 0 Å². The quantitative estimate of drug-likeness (QED) is 0.912. The van der Waals surface area contributed by atoms with Crippen LogP contribution in [0.25, 0.3) is 0 Å². The van der Waals surface area contributed by atoms with E-state index in [2.05, 4.69) is 5.32 Å². The molecule has 3 nitrogen and oxygen atoms in total. The topological polar surface area (TPSA) is 38.3 Å². The summed E-state index contributed by atoms with van der Waals surface area (Å²) in [4.78, 5) is 12.1. The van der Waals surface area contributed by atoms with Gasteiger partial charge in [-0.3, -0.25) is 4.79 Å². The lowest BCUT2D eigenvalue weighted by Crippen LogP contribution is -2.31. The molecule has 96 valence electrons. The summed E-state index contributed by atoms with van der Waals surface area (Å²) in [5.41, 5.74) is 1.66. The molecule has 0 bridgehead atoms. The minimum absolute atomic E-state index is 0.177. The van der Waals surface area contributed by atoms with Crippen LogP contribution in [-0.2, 0) is 11.2 Å². The molecule has 19 heavy (non-hydrogen) atoms. The molecule has 2 aromatic rings. The van der Waals surface area contributed by atoms with Crippen LogP contribution >= 0.6 is 11.6 Å². The van der Waals surface area contributed by atoms with Gasteiger partial charge in [0.1, 0.15) is 5.75 Å². The fourth-order valence-corrected chi connectivity index (χ4v) is 2.29. The van der Waals surface area contributed by atoms with Gasteiger partial charge in [-0.1, -0.05) is 41.9 Å². The molecule has 1 atom stereocenters. The molecule has 0 radical (unpaired) electrons. The molecule has 0 aliphatic carbocycles. The van der Waals surface area contributed by atoms with Crippen molar-refractivity contribution in [3.8, 4) is 5.75 Å². The van der Waals surface area contributed by atoms with Crippen molar-refractivity contribution in [2.24, 2.45) is 0 Å². The maximum absolute atomic E-state index is 12.1. The molecule has 0 saturated heterocycles. The highest BCUT2D eigenvalue weighted by Crippen LogP contribution is 2.29. The fraction of sp³-hybridized carbons (Fsp3) is 0.133. The van der Waals surface area contributed by atoms with Crippen LogP contribution in [0.5, 0.6) is 5.75 Å². The molecule has 0 spiro atoms. The molecular weight excluding hydrogens is 262 g/mol. The first-order chi connectivity index (χ1) is 9.24. The van der Waals surface area contributed by atoms with Gasteiger partial charge in [0.05, 0.1) is 10.7 Å². The van der Waals surface area contributed by atoms with E-state index in [1.54, 1.807) is 12.1 Å². The third-order valence-corrected chi connectivity index (χ3v) is 3.40. The summed E-state index contributed by atoms with van der Waals surface area (Å²) in [6, 6.07) is 14.8.